The van der Waals surface area contributed by atoms with Crippen molar-refractivity contribution in [2.45, 2.75) is 70.4 Å². The molecule has 1 aliphatic heterocycles. The highest BCUT2D eigenvalue weighted by molar-refractivity contribution is 5.91. The minimum Gasteiger partial charge on any atom is -0.456 e. The van der Waals surface area contributed by atoms with Crippen molar-refractivity contribution in [2.75, 3.05) is 19.6 Å². The third-order valence-corrected chi connectivity index (χ3v) is 5.47. The molecule has 0 spiro atoms. The Kier molecular flexibility index (Phi) is 6.72. The summed E-state index contributed by atoms with van der Waals surface area (Å²) < 4.78 is 5.37. The summed E-state index contributed by atoms with van der Waals surface area (Å²) in [5, 5.41) is 6.25. The summed E-state index contributed by atoms with van der Waals surface area (Å²) in [7, 11) is 0. The van der Waals surface area contributed by atoms with Crippen molar-refractivity contribution in [3.63, 3.8) is 0 Å². The van der Waals surface area contributed by atoms with Crippen LogP contribution in [0.1, 0.15) is 67.7 Å². The molecule has 0 unspecified atom stereocenters. The van der Waals surface area contributed by atoms with Gasteiger partial charge in [-0.3, -0.25) is 14.5 Å². The van der Waals surface area contributed by atoms with Gasteiger partial charge in [-0.05, 0) is 44.7 Å². The molecule has 144 valence electrons. The van der Waals surface area contributed by atoms with Crippen LogP contribution in [0.3, 0.4) is 0 Å². The van der Waals surface area contributed by atoms with Gasteiger partial charge in [-0.25, -0.2) is 0 Å². The highest BCUT2D eigenvalue weighted by Gasteiger charge is 2.24. The summed E-state index contributed by atoms with van der Waals surface area (Å²) in [6.45, 7) is 3.96. The smallest absolute Gasteiger partial charge is 0.287 e. The molecule has 2 fully saturated rings. The van der Waals surface area contributed by atoms with Crippen LogP contribution in [0.5, 0.6) is 0 Å². The number of carbonyl (C=O) groups is 2. The Morgan fingerprint density at radius 2 is 1.65 bits per heavy atom. The molecule has 0 aromatic carbocycles. The zero-order chi connectivity index (χ0) is 18.4. The van der Waals surface area contributed by atoms with E-state index in [0.29, 0.717) is 18.3 Å². The third kappa shape index (κ3) is 5.59. The molecule has 1 aliphatic carbocycles. The maximum atomic E-state index is 12.3. The van der Waals surface area contributed by atoms with Crippen LogP contribution in [-0.4, -0.2) is 48.4 Å². The van der Waals surface area contributed by atoms with Gasteiger partial charge < -0.3 is 15.1 Å². The molecular weight excluding hydrogens is 330 g/mol. The monoisotopic (exact) mass is 361 g/mol. The van der Waals surface area contributed by atoms with Gasteiger partial charge in [0.2, 0.25) is 5.91 Å². The van der Waals surface area contributed by atoms with E-state index < -0.39 is 0 Å². The van der Waals surface area contributed by atoms with E-state index in [-0.39, 0.29) is 17.9 Å². The molecule has 0 radical (unpaired) electrons. The van der Waals surface area contributed by atoms with Crippen molar-refractivity contribution < 1.29 is 14.0 Å². The maximum Gasteiger partial charge on any atom is 0.287 e. The Hall–Kier alpha value is -1.82. The summed E-state index contributed by atoms with van der Waals surface area (Å²) in [6, 6.07) is 4.01. The van der Waals surface area contributed by atoms with Crippen molar-refractivity contribution in [2.24, 2.45) is 0 Å². The molecule has 0 atom stereocenters. The van der Waals surface area contributed by atoms with Gasteiger partial charge >= 0.3 is 0 Å². The second kappa shape index (κ2) is 9.21. The lowest BCUT2D eigenvalue weighted by Gasteiger charge is -2.32. The van der Waals surface area contributed by atoms with Crippen LogP contribution >= 0.6 is 0 Å². The average Bonchev–Trinajstić information content (AvgIpc) is 2.90. The van der Waals surface area contributed by atoms with Crippen LogP contribution in [0.15, 0.2) is 16.5 Å². The quantitative estimate of drug-likeness (QED) is 0.791. The number of furan rings is 1. The lowest BCUT2D eigenvalue weighted by molar-refractivity contribution is -0.123. The molecule has 26 heavy (non-hydrogen) atoms. The Balaban J connectivity index is 1.36. The first-order valence-corrected chi connectivity index (χ1v) is 9.99. The van der Waals surface area contributed by atoms with Crippen LogP contribution < -0.4 is 10.6 Å². The lowest BCUT2D eigenvalue weighted by Crippen LogP contribution is -2.48. The topological polar surface area (TPSA) is 74.6 Å². The SMILES string of the molecule is Cc1ccc(C(=O)NC2CCN(CC(=O)NC3CCCCCC3)CC2)o1. The second-order valence-corrected chi connectivity index (χ2v) is 7.69. The fourth-order valence-corrected chi connectivity index (χ4v) is 3.95. The molecular formula is C20H31N3O3. The van der Waals surface area contributed by atoms with E-state index in [0.717, 1.165) is 44.5 Å². The molecule has 1 aromatic heterocycles. The number of carbonyl (C=O) groups excluding carboxylic acids is 2. The number of rotatable bonds is 5. The predicted octanol–water partition coefficient (Wildman–Crippen LogP) is 2.62. The lowest BCUT2D eigenvalue weighted by atomic mass is 10.0. The average molecular weight is 361 g/mol. The third-order valence-electron chi connectivity index (χ3n) is 5.47. The van der Waals surface area contributed by atoms with Gasteiger partial charge in [0.05, 0.1) is 6.54 Å². The summed E-state index contributed by atoms with van der Waals surface area (Å²) in [4.78, 5) is 26.6. The van der Waals surface area contributed by atoms with Crippen molar-refractivity contribution in [1.82, 2.24) is 15.5 Å². The van der Waals surface area contributed by atoms with Gasteiger partial charge in [0, 0.05) is 25.2 Å². The van der Waals surface area contributed by atoms with Crippen LogP contribution in [0.4, 0.5) is 0 Å². The first kappa shape index (κ1) is 19.0. The zero-order valence-electron chi connectivity index (χ0n) is 15.8. The summed E-state index contributed by atoms with van der Waals surface area (Å²) in [5.41, 5.74) is 0. The van der Waals surface area contributed by atoms with Crippen molar-refractivity contribution in [3.8, 4) is 0 Å². The van der Waals surface area contributed by atoms with Crippen molar-refractivity contribution in [1.29, 1.82) is 0 Å². The highest BCUT2D eigenvalue weighted by Crippen LogP contribution is 2.17. The van der Waals surface area contributed by atoms with E-state index in [4.69, 9.17) is 4.42 Å². The van der Waals surface area contributed by atoms with E-state index in [1.807, 2.05) is 6.92 Å². The minimum absolute atomic E-state index is 0.144. The Bertz CT molecular complexity index is 597. The van der Waals surface area contributed by atoms with Gasteiger partial charge in [-0.15, -0.1) is 0 Å². The standard InChI is InChI=1S/C20H31N3O3/c1-15-8-9-18(26-15)20(25)22-17-10-12-23(13-11-17)14-19(24)21-16-6-4-2-3-5-7-16/h8-9,16-17H,2-7,10-14H2,1H3,(H,21,24)(H,22,25). The number of piperidine rings is 1. The van der Waals surface area contributed by atoms with Gasteiger partial charge in [-0.1, -0.05) is 25.7 Å². The first-order valence-electron chi connectivity index (χ1n) is 9.99. The Morgan fingerprint density at radius 3 is 2.27 bits per heavy atom. The van der Waals surface area contributed by atoms with Gasteiger partial charge in [0.15, 0.2) is 5.76 Å². The van der Waals surface area contributed by atoms with E-state index in [1.165, 1.54) is 25.7 Å². The number of hydrogen-bond donors (Lipinski definition) is 2. The number of hydrogen-bond acceptors (Lipinski definition) is 4. The normalized spacial score (nSPS) is 20.5. The molecule has 0 bridgehead atoms. The van der Waals surface area contributed by atoms with Crippen LogP contribution in [0.2, 0.25) is 0 Å². The maximum absolute atomic E-state index is 12.3. The number of likely N-dealkylation sites (tertiary alicyclic amines) is 1. The molecule has 2 amide bonds. The molecule has 2 heterocycles. The minimum atomic E-state index is -0.150. The summed E-state index contributed by atoms with van der Waals surface area (Å²) >= 11 is 0. The second-order valence-electron chi connectivity index (χ2n) is 7.69. The van der Waals surface area contributed by atoms with Gasteiger partial charge in [-0.2, -0.15) is 0 Å². The van der Waals surface area contributed by atoms with Crippen molar-refractivity contribution in [3.05, 3.63) is 23.7 Å². The van der Waals surface area contributed by atoms with Gasteiger partial charge in [0.25, 0.3) is 5.91 Å². The largest absolute Gasteiger partial charge is 0.456 e. The number of amides is 2. The first-order chi connectivity index (χ1) is 12.6. The molecule has 1 saturated carbocycles. The number of nitrogens with zero attached hydrogens (tertiary/aromatic N) is 1. The van der Waals surface area contributed by atoms with E-state index in [2.05, 4.69) is 15.5 Å². The molecule has 6 nitrogen and oxygen atoms in total. The van der Waals surface area contributed by atoms with Gasteiger partial charge in [0.1, 0.15) is 5.76 Å². The molecule has 1 saturated heterocycles. The van der Waals surface area contributed by atoms with E-state index in [9.17, 15) is 9.59 Å². The fourth-order valence-electron chi connectivity index (χ4n) is 3.95. The van der Waals surface area contributed by atoms with E-state index >= 15 is 0 Å². The summed E-state index contributed by atoms with van der Waals surface area (Å²) in [5.74, 6) is 1.10. The van der Waals surface area contributed by atoms with E-state index in [1.54, 1.807) is 12.1 Å². The van der Waals surface area contributed by atoms with Crippen LogP contribution in [0, 0.1) is 6.92 Å². The van der Waals surface area contributed by atoms with Crippen LogP contribution in [0.25, 0.3) is 0 Å². The van der Waals surface area contributed by atoms with Crippen LogP contribution in [-0.2, 0) is 4.79 Å². The Labute approximate surface area is 155 Å². The Morgan fingerprint density at radius 1 is 1.00 bits per heavy atom. The molecule has 2 aliphatic rings. The molecule has 1 aromatic rings. The molecule has 3 rings (SSSR count). The fraction of sp³-hybridized carbons (Fsp3) is 0.700. The molecule has 6 heteroatoms. The summed E-state index contributed by atoms with van der Waals surface area (Å²) in [6.07, 6.45) is 9.01. The molecule has 2 N–H and O–H groups in total. The number of aryl methyl sites for hydroxylation is 1. The predicted molar refractivity (Wildman–Crippen MR) is 100 cm³/mol. The number of nitrogens with one attached hydrogen (secondary N) is 2. The highest BCUT2D eigenvalue weighted by atomic mass is 16.3. The van der Waals surface area contributed by atoms with Crippen molar-refractivity contribution >= 4 is 11.8 Å². The zero-order valence-corrected chi connectivity index (χ0v) is 15.8.